The first-order valence-electron chi connectivity index (χ1n) is 12.8. The molecule has 21 nitrogen and oxygen atoms in total. The number of hydrogen-bond acceptors (Lipinski definition) is 19. The number of aromatic amines is 1. The Balaban J connectivity index is 1.23. The SMILES string of the molecule is Nc1nc2c(c(=O)[nH]1)NNN2[C@@]12CSC(COP(=O)(O)O[C@H]3C(c4cnn5c(N)ncnc45)CO[C@@H]3COP(O)(=S)O1)[C@H]2O. The molecule has 0 amide bonds. The number of phosphoric ester groups is 1. The van der Waals surface area contributed by atoms with Crippen LogP contribution in [0.25, 0.3) is 5.65 Å². The number of rotatable bonds is 2. The van der Waals surface area contributed by atoms with E-state index in [4.69, 9.17) is 46.1 Å². The van der Waals surface area contributed by atoms with Gasteiger partial charge in [-0.1, -0.05) is 0 Å². The summed E-state index contributed by atoms with van der Waals surface area (Å²) in [4.78, 5) is 49.2. The quantitative estimate of drug-likeness (QED) is 0.137. The zero-order valence-corrected chi connectivity index (χ0v) is 25.5. The van der Waals surface area contributed by atoms with Gasteiger partial charge in [0.05, 0.1) is 31.3 Å². The van der Waals surface area contributed by atoms with Crippen molar-refractivity contribution in [3.8, 4) is 0 Å². The zero-order chi connectivity index (χ0) is 31.0. The van der Waals surface area contributed by atoms with Crippen LogP contribution in [0.4, 0.5) is 23.4 Å². The van der Waals surface area contributed by atoms with Crippen molar-refractivity contribution in [1.82, 2.24) is 35.1 Å². The molecule has 0 spiro atoms. The van der Waals surface area contributed by atoms with Crippen molar-refractivity contribution < 1.29 is 42.3 Å². The molecule has 3 aromatic rings. The number of nitrogens with zero attached hydrogens (tertiary/aromatic N) is 6. The normalized spacial score (nSPS) is 37.5. The number of aliphatic hydroxyl groups excluding tert-OH is 1. The molecule has 3 aromatic heterocycles. The van der Waals surface area contributed by atoms with E-state index in [-0.39, 0.29) is 35.8 Å². The summed E-state index contributed by atoms with van der Waals surface area (Å²) >= 11 is 6.44. The molecule has 3 fully saturated rings. The number of aromatic nitrogens is 6. The summed E-state index contributed by atoms with van der Waals surface area (Å²) in [5.74, 6) is -1.05. The Kier molecular flexibility index (Phi) is 7.40. The molecule has 4 aliphatic heterocycles. The molecule has 0 saturated carbocycles. The van der Waals surface area contributed by atoms with Gasteiger partial charge >= 0.3 is 14.5 Å². The first-order valence-corrected chi connectivity index (χ1v) is 17.9. The first-order chi connectivity index (χ1) is 20.9. The highest BCUT2D eigenvalue weighted by atomic mass is 32.5. The van der Waals surface area contributed by atoms with Gasteiger partial charge in [-0.25, -0.2) is 19.5 Å². The Morgan fingerprint density at radius 3 is 2.84 bits per heavy atom. The Morgan fingerprint density at radius 2 is 2.02 bits per heavy atom. The highest BCUT2D eigenvalue weighted by molar-refractivity contribution is 8.07. The van der Waals surface area contributed by atoms with Crippen molar-refractivity contribution in [2.24, 2.45) is 0 Å². The molecule has 238 valence electrons. The van der Waals surface area contributed by atoms with Gasteiger partial charge in [0.1, 0.15) is 24.6 Å². The largest absolute Gasteiger partial charge is 0.472 e. The molecule has 0 radical (unpaired) electrons. The second kappa shape index (κ2) is 10.8. The van der Waals surface area contributed by atoms with E-state index in [1.807, 2.05) is 0 Å². The van der Waals surface area contributed by atoms with Crippen molar-refractivity contribution in [1.29, 1.82) is 0 Å². The van der Waals surface area contributed by atoms with Gasteiger partial charge in [0.25, 0.3) is 5.56 Å². The predicted octanol–water partition coefficient (Wildman–Crippen LogP) is -1.86. The second-order valence-corrected chi connectivity index (χ2v) is 15.5. The molecule has 2 bridgehead atoms. The van der Waals surface area contributed by atoms with Crippen LogP contribution in [-0.2, 0) is 39.2 Å². The number of anilines is 4. The van der Waals surface area contributed by atoms with Gasteiger partial charge in [0.15, 0.2) is 17.2 Å². The van der Waals surface area contributed by atoms with Gasteiger partial charge in [0.2, 0.25) is 17.6 Å². The monoisotopic (exact) mass is 693 g/mol. The summed E-state index contributed by atoms with van der Waals surface area (Å²) in [6.07, 6.45) is -1.10. The maximum absolute atomic E-state index is 13.3. The van der Waals surface area contributed by atoms with E-state index in [1.165, 1.54) is 17.0 Å². The molecule has 3 saturated heterocycles. The Hall–Kier alpha value is -2.50. The fourth-order valence-corrected chi connectivity index (χ4v) is 9.60. The summed E-state index contributed by atoms with van der Waals surface area (Å²) in [5, 5.41) is 16.0. The number of aliphatic hydroxyl groups is 1. The molecular formula is C19H25N11O10P2S2. The maximum Gasteiger partial charge on any atom is 0.472 e. The van der Waals surface area contributed by atoms with Crippen LogP contribution in [0, 0.1) is 0 Å². The number of H-pyrrole nitrogens is 1. The van der Waals surface area contributed by atoms with E-state index in [2.05, 4.69) is 36.0 Å². The van der Waals surface area contributed by atoms with Crippen LogP contribution in [-0.4, -0.2) is 99.3 Å². The molecule has 25 heteroatoms. The molecule has 8 atom stereocenters. The standard InChI is InChI=1S/C19H25N11O10P2S2/c20-17-25-15-11(16(32)26-17)27-28-30(15)19-5-44-10(13(19)31)4-37-41(33,34)39-12-8(2-36-9(12)3-38-42(35,43)40-19)7-1-24-29-14(7)22-6-23-18(29)21/h1,6,8-10,12-13,27-28,31H,2-5H2,(H,33,34)(H,35,43)(H2,21,22,23)(H3,20,25,26,32)/t8?,9-,10?,12+,13-,19+,42?/m1/s1. The third kappa shape index (κ3) is 5.07. The van der Waals surface area contributed by atoms with Gasteiger partial charge in [-0.05, 0) is 11.8 Å². The van der Waals surface area contributed by atoms with Gasteiger partial charge < -0.3 is 35.6 Å². The number of nitrogens with two attached hydrogens (primary N) is 2. The van der Waals surface area contributed by atoms with Crippen molar-refractivity contribution in [3.63, 3.8) is 0 Å². The lowest BCUT2D eigenvalue weighted by Crippen LogP contribution is -2.63. The van der Waals surface area contributed by atoms with Crippen LogP contribution in [0.15, 0.2) is 17.3 Å². The molecule has 7 heterocycles. The summed E-state index contributed by atoms with van der Waals surface area (Å²) < 4.78 is 43.2. The van der Waals surface area contributed by atoms with E-state index in [9.17, 15) is 24.3 Å². The van der Waals surface area contributed by atoms with Crippen molar-refractivity contribution >= 4 is 67.2 Å². The smallest absolute Gasteiger partial charge is 0.387 e. The summed E-state index contributed by atoms with van der Waals surface area (Å²) in [6.45, 7) is -5.23. The average molecular weight is 694 g/mol. The van der Waals surface area contributed by atoms with Crippen LogP contribution in [0.1, 0.15) is 11.5 Å². The highest BCUT2D eigenvalue weighted by Gasteiger charge is 2.60. The third-order valence-electron chi connectivity index (χ3n) is 7.46. The Bertz CT molecular complexity index is 1780. The summed E-state index contributed by atoms with van der Waals surface area (Å²) in [5.41, 5.74) is 15.2. The van der Waals surface area contributed by atoms with Crippen LogP contribution in [0.3, 0.4) is 0 Å². The lowest BCUT2D eigenvalue weighted by atomic mass is 9.96. The van der Waals surface area contributed by atoms with Gasteiger partial charge in [0, 0.05) is 17.2 Å². The Morgan fingerprint density at radius 1 is 1.20 bits per heavy atom. The average Bonchev–Trinajstić information content (AvgIpc) is 3.72. The molecule has 7 rings (SSSR count). The zero-order valence-electron chi connectivity index (χ0n) is 22.1. The summed E-state index contributed by atoms with van der Waals surface area (Å²) in [7, 11) is -4.82. The van der Waals surface area contributed by atoms with Gasteiger partial charge in [-0.3, -0.25) is 28.8 Å². The number of nitrogens with one attached hydrogen (secondary N) is 3. The third-order valence-corrected chi connectivity index (χ3v) is 11.4. The minimum Gasteiger partial charge on any atom is -0.387 e. The number of fused-ring (bicyclic) bond motifs is 5. The molecule has 4 aliphatic rings. The number of thioether (sulfide) groups is 1. The Labute approximate surface area is 255 Å². The topological polar surface area (TPSA) is 292 Å². The van der Waals surface area contributed by atoms with Gasteiger partial charge in [-0.15, -0.1) is 17.3 Å². The molecule has 0 aromatic carbocycles. The van der Waals surface area contributed by atoms with Crippen LogP contribution in [0.2, 0.25) is 0 Å². The number of phosphoric acid groups is 1. The molecule has 10 N–H and O–H groups in total. The van der Waals surface area contributed by atoms with Crippen LogP contribution in [0.5, 0.6) is 0 Å². The predicted molar refractivity (Wildman–Crippen MR) is 155 cm³/mol. The number of ether oxygens (including phenoxy) is 1. The van der Waals surface area contributed by atoms with Gasteiger partial charge in [-0.2, -0.15) is 14.6 Å². The fraction of sp³-hybridized carbons (Fsp3) is 0.526. The van der Waals surface area contributed by atoms with E-state index < -0.39 is 68.5 Å². The second-order valence-electron chi connectivity index (χ2n) is 10.1. The number of hydrazine groups is 2. The lowest BCUT2D eigenvalue weighted by molar-refractivity contribution is -0.0538. The lowest BCUT2D eigenvalue weighted by Gasteiger charge is -2.41. The van der Waals surface area contributed by atoms with Crippen molar-refractivity contribution in [2.75, 3.05) is 47.5 Å². The van der Waals surface area contributed by atoms with E-state index >= 15 is 0 Å². The minimum atomic E-state index is -4.82. The van der Waals surface area contributed by atoms with Crippen molar-refractivity contribution in [2.45, 2.75) is 35.2 Å². The first kappa shape index (κ1) is 30.2. The van der Waals surface area contributed by atoms with E-state index in [0.29, 0.717) is 11.2 Å². The number of nitrogen functional groups attached to an aromatic ring is 2. The van der Waals surface area contributed by atoms with Crippen molar-refractivity contribution in [3.05, 3.63) is 28.4 Å². The maximum atomic E-state index is 13.3. The van der Waals surface area contributed by atoms with E-state index in [1.54, 1.807) is 0 Å². The molecule has 4 unspecified atom stereocenters. The minimum absolute atomic E-state index is 0.0258. The van der Waals surface area contributed by atoms with Crippen LogP contribution < -0.4 is 33.0 Å². The number of hydrogen-bond donors (Lipinski definition) is 8. The molecule has 0 aliphatic carbocycles. The highest BCUT2D eigenvalue weighted by Crippen LogP contribution is 2.57. The summed E-state index contributed by atoms with van der Waals surface area (Å²) in [6, 6.07) is 0. The van der Waals surface area contributed by atoms with Crippen LogP contribution >= 0.6 is 26.3 Å². The molecular weight excluding hydrogens is 668 g/mol. The fourth-order valence-electron chi connectivity index (χ4n) is 5.43. The molecule has 44 heavy (non-hydrogen) atoms. The van der Waals surface area contributed by atoms with E-state index in [0.717, 1.165) is 16.8 Å².